The number of nitrogens with zero attached hydrogens (tertiary/aromatic N) is 1. The fourth-order valence-electron chi connectivity index (χ4n) is 4.28. The molecule has 4 heteroatoms. The number of benzene rings is 2. The molecule has 2 heterocycles. The Kier molecular flexibility index (Phi) is 4.12. The predicted molar refractivity (Wildman–Crippen MR) is 104 cm³/mol. The van der Waals surface area contributed by atoms with Crippen LogP contribution in [0.2, 0.25) is 0 Å². The van der Waals surface area contributed by atoms with Gasteiger partial charge < -0.3 is 14.1 Å². The highest BCUT2D eigenvalue weighted by atomic mass is 16.5. The van der Waals surface area contributed by atoms with Crippen LogP contribution < -0.4 is 4.74 Å². The van der Waals surface area contributed by atoms with E-state index in [1.807, 2.05) is 29.2 Å². The highest BCUT2D eigenvalue weighted by Gasteiger charge is 2.21. The Morgan fingerprint density at radius 3 is 2.81 bits per heavy atom. The molecule has 0 radical (unpaired) electrons. The average Bonchev–Trinajstić information content (AvgIpc) is 3.09. The van der Waals surface area contributed by atoms with Crippen LogP contribution in [0.4, 0.5) is 0 Å². The van der Waals surface area contributed by atoms with Crippen molar-refractivity contribution in [1.82, 2.24) is 4.90 Å². The maximum Gasteiger partial charge on any atom is 0.260 e. The van der Waals surface area contributed by atoms with Crippen LogP contribution in [0.5, 0.6) is 5.75 Å². The van der Waals surface area contributed by atoms with Crippen molar-refractivity contribution in [2.24, 2.45) is 0 Å². The van der Waals surface area contributed by atoms with E-state index in [2.05, 4.69) is 18.2 Å². The van der Waals surface area contributed by atoms with Crippen LogP contribution in [0.15, 0.2) is 46.9 Å². The standard InChI is InChI=1S/C23H23NO3/c25-23(24-12-11-16-5-1-2-6-17(16)14-24)15-26-18-9-10-22-20(13-18)19-7-3-4-8-21(19)27-22/h1-2,5-6,9-10,13H,3-4,7-8,11-12,14-15H2. The molecule has 1 aliphatic carbocycles. The van der Waals surface area contributed by atoms with Gasteiger partial charge in [-0.3, -0.25) is 4.79 Å². The molecule has 27 heavy (non-hydrogen) atoms. The van der Waals surface area contributed by atoms with E-state index in [9.17, 15) is 4.79 Å². The molecule has 3 aromatic rings. The lowest BCUT2D eigenvalue weighted by Gasteiger charge is -2.28. The van der Waals surface area contributed by atoms with E-state index in [0.29, 0.717) is 6.54 Å². The van der Waals surface area contributed by atoms with Gasteiger partial charge in [-0.15, -0.1) is 0 Å². The van der Waals surface area contributed by atoms with Gasteiger partial charge in [0.15, 0.2) is 6.61 Å². The van der Waals surface area contributed by atoms with Crippen molar-refractivity contribution in [1.29, 1.82) is 0 Å². The molecule has 0 saturated carbocycles. The van der Waals surface area contributed by atoms with Gasteiger partial charge in [-0.25, -0.2) is 0 Å². The van der Waals surface area contributed by atoms with E-state index in [0.717, 1.165) is 48.3 Å². The number of carbonyl (C=O) groups excluding carboxylic acids is 1. The van der Waals surface area contributed by atoms with Gasteiger partial charge in [-0.1, -0.05) is 24.3 Å². The first-order chi connectivity index (χ1) is 13.3. The summed E-state index contributed by atoms with van der Waals surface area (Å²) in [6.07, 6.45) is 5.41. The van der Waals surface area contributed by atoms with Gasteiger partial charge in [-0.05, 0) is 55.0 Å². The van der Waals surface area contributed by atoms with E-state index >= 15 is 0 Å². The Morgan fingerprint density at radius 1 is 1.04 bits per heavy atom. The summed E-state index contributed by atoms with van der Waals surface area (Å²) in [4.78, 5) is 14.5. The monoisotopic (exact) mass is 361 g/mol. The molecule has 2 aliphatic rings. The van der Waals surface area contributed by atoms with E-state index in [1.165, 1.54) is 29.5 Å². The van der Waals surface area contributed by atoms with Gasteiger partial charge in [0, 0.05) is 30.5 Å². The van der Waals surface area contributed by atoms with Gasteiger partial charge >= 0.3 is 0 Å². The maximum absolute atomic E-state index is 12.6. The Hall–Kier alpha value is -2.75. The molecule has 1 aliphatic heterocycles. The fourth-order valence-corrected chi connectivity index (χ4v) is 4.28. The third-order valence-corrected chi connectivity index (χ3v) is 5.77. The Bertz CT molecular complexity index is 1000. The summed E-state index contributed by atoms with van der Waals surface area (Å²) in [6.45, 7) is 1.51. The molecule has 0 spiro atoms. The molecule has 138 valence electrons. The summed E-state index contributed by atoms with van der Waals surface area (Å²) < 4.78 is 11.8. The molecule has 1 amide bonds. The smallest absolute Gasteiger partial charge is 0.260 e. The van der Waals surface area contributed by atoms with Crippen molar-refractivity contribution in [2.45, 2.75) is 38.6 Å². The van der Waals surface area contributed by atoms with E-state index in [4.69, 9.17) is 9.15 Å². The highest BCUT2D eigenvalue weighted by molar-refractivity contribution is 5.84. The Morgan fingerprint density at radius 2 is 1.89 bits per heavy atom. The minimum atomic E-state index is 0.0406. The lowest BCUT2D eigenvalue weighted by atomic mass is 9.96. The van der Waals surface area contributed by atoms with Gasteiger partial charge in [-0.2, -0.15) is 0 Å². The van der Waals surface area contributed by atoms with E-state index in [-0.39, 0.29) is 12.5 Å². The zero-order valence-corrected chi connectivity index (χ0v) is 15.4. The first-order valence-corrected chi connectivity index (χ1v) is 9.79. The highest BCUT2D eigenvalue weighted by Crippen LogP contribution is 2.34. The summed E-state index contributed by atoms with van der Waals surface area (Å²) in [6, 6.07) is 14.2. The van der Waals surface area contributed by atoms with E-state index < -0.39 is 0 Å². The number of rotatable bonds is 3. The zero-order chi connectivity index (χ0) is 18.2. The first kappa shape index (κ1) is 16.4. The molecule has 5 rings (SSSR count). The van der Waals surface area contributed by atoms with Gasteiger partial charge in [0.2, 0.25) is 0 Å². The molecule has 4 nitrogen and oxygen atoms in total. The average molecular weight is 361 g/mol. The van der Waals surface area contributed by atoms with Crippen LogP contribution in [0.3, 0.4) is 0 Å². The second-order valence-corrected chi connectivity index (χ2v) is 7.49. The van der Waals surface area contributed by atoms with Crippen LogP contribution in [0, 0.1) is 0 Å². The SMILES string of the molecule is O=C(COc1ccc2oc3c(c2c1)CCCC3)N1CCc2ccccc2C1. The lowest BCUT2D eigenvalue weighted by molar-refractivity contribution is -0.134. The minimum absolute atomic E-state index is 0.0406. The van der Waals surface area contributed by atoms with Crippen molar-refractivity contribution in [2.75, 3.05) is 13.2 Å². The van der Waals surface area contributed by atoms with Crippen LogP contribution in [0.25, 0.3) is 11.0 Å². The topological polar surface area (TPSA) is 42.7 Å². The fraction of sp³-hybridized carbons (Fsp3) is 0.348. The second-order valence-electron chi connectivity index (χ2n) is 7.49. The molecule has 0 fully saturated rings. The van der Waals surface area contributed by atoms with Crippen LogP contribution in [0.1, 0.15) is 35.3 Å². The molecule has 2 aromatic carbocycles. The third-order valence-electron chi connectivity index (χ3n) is 5.77. The predicted octanol–water partition coefficient (Wildman–Crippen LogP) is 4.28. The third kappa shape index (κ3) is 3.09. The van der Waals surface area contributed by atoms with Crippen molar-refractivity contribution >= 4 is 16.9 Å². The quantitative estimate of drug-likeness (QED) is 0.699. The maximum atomic E-state index is 12.6. The van der Waals surface area contributed by atoms with Crippen molar-refractivity contribution in [3.05, 3.63) is 64.9 Å². The molecule has 1 aromatic heterocycles. The summed E-state index contributed by atoms with van der Waals surface area (Å²) >= 11 is 0. The lowest BCUT2D eigenvalue weighted by Crippen LogP contribution is -2.38. The number of ether oxygens (including phenoxy) is 1. The molecule has 0 N–H and O–H groups in total. The van der Waals surface area contributed by atoms with Gasteiger partial charge in [0.05, 0.1) is 0 Å². The van der Waals surface area contributed by atoms with Gasteiger partial charge in [0.25, 0.3) is 5.91 Å². The Labute approximate surface area is 158 Å². The summed E-state index contributed by atoms with van der Waals surface area (Å²) in [7, 11) is 0. The number of fused-ring (bicyclic) bond motifs is 4. The molecule has 0 bridgehead atoms. The largest absolute Gasteiger partial charge is 0.484 e. The molecule has 0 atom stereocenters. The number of aryl methyl sites for hydroxylation is 2. The summed E-state index contributed by atoms with van der Waals surface area (Å²) in [5, 5.41) is 1.14. The summed E-state index contributed by atoms with van der Waals surface area (Å²) in [5.41, 5.74) is 4.83. The van der Waals surface area contributed by atoms with Crippen LogP contribution in [-0.2, 0) is 30.6 Å². The van der Waals surface area contributed by atoms with E-state index in [1.54, 1.807) is 0 Å². The number of furan rings is 1. The van der Waals surface area contributed by atoms with Crippen molar-refractivity contribution in [3.8, 4) is 5.75 Å². The molecule has 0 unspecified atom stereocenters. The minimum Gasteiger partial charge on any atom is -0.484 e. The number of carbonyl (C=O) groups is 1. The summed E-state index contributed by atoms with van der Waals surface area (Å²) in [5.74, 6) is 1.90. The Balaban J connectivity index is 1.28. The van der Waals surface area contributed by atoms with Crippen LogP contribution in [-0.4, -0.2) is 24.0 Å². The van der Waals surface area contributed by atoms with Crippen molar-refractivity contribution in [3.63, 3.8) is 0 Å². The normalized spacial score (nSPS) is 16.1. The first-order valence-electron chi connectivity index (χ1n) is 9.79. The van der Waals surface area contributed by atoms with Gasteiger partial charge in [0.1, 0.15) is 17.1 Å². The van der Waals surface area contributed by atoms with Crippen molar-refractivity contribution < 1.29 is 13.9 Å². The number of amides is 1. The molecule has 0 saturated heterocycles. The number of hydrogen-bond acceptors (Lipinski definition) is 3. The molecular formula is C23H23NO3. The second kappa shape index (κ2) is 6.76. The van der Waals surface area contributed by atoms with Crippen LogP contribution >= 0.6 is 0 Å². The number of hydrogen-bond donors (Lipinski definition) is 0. The zero-order valence-electron chi connectivity index (χ0n) is 15.4. The molecular weight excluding hydrogens is 338 g/mol.